The van der Waals surface area contributed by atoms with Crippen molar-refractivity contribution in [2.24, 2.45) is 0 Å². The maximum Gasteiger partial charge on any atom is 0.264 e. The Labute approximate surface area is 133 Å². The van der Waals surface area contributed by atoms with Gasteiger partial charge >= 0.3 is 0 Å². The minimum atomic E-state index is -0.257. The zero-order valence-corrected chi connectivity index (χ0v) is 13.4. The molecule has 5 heteroatoms. The van der Waals surface area contributed by atoms with Gasteiger partial charge in [0.25, 0.3) is 5.91 Å². The van der Waals surface area contributed by atoms with Crippen LogP contribution in [0.15, 0.2) is 36.4 Å². The van der Waals surface area contributed by atoms with Crippen molar-refractivity contribution in [2.45, 2.75) is 26.0 Å². The quantitative estimate of drug-likeness (QED) is 0.842. The first kappa shape index (κ1) is 15.2. The molecule has 2 heterocycles. The van der Waals surface area contributed by atoms with Crippen molar-refractivity contribution in [3.63, 3.8) is 0 Å². The predicted molar refractivity (Wildman–Crippen MR) is 85.6 cm³/mol. The van der Waals surface area contributed by atoms with Gasteiger partial charge in [-0.15, -0.1) is 11.3 Å². The SMILES string of the molecule is CC1CN(C(=O)c2ccc(-c3ccc(F)cc3)s2)C(C)CO1. The van der Waals surface area contributed by atoms with Crippen LogP contribution in [0.5, 0.6) is 0 Å². The van der Waals surface area contributed by atoms with Crippen LogP contribution >= 0.6 is 11.3 Å². The van der Waals surface area contributed by atoms with Crippen molar-refractivity contribution in [3.05, 3.63) is 47.1 Å². The number of amides is 1. The van der Waals surface area contributed by atoms with Gasteiger partial charge in [-0.25, -0.2) is 4.39 Å². The third-order valence-corrected chi connectivity index (χ3v) is 4.94. The Balaban J connectivity index is 1.81. The molecule has 1 saturated heterocycles. The summed E-state index contributed by atoms with van der Waals surface area (Å²) in [5.41, 5.74) is 0.925. The van der Waals surface area contributed by atoms with Crippen molar-refractivity contribution in [2.75, 3.05) is 13.2 Å². The summed E-state index contributed by atoms with van der Waals surface area (Å²) in [6, 6.07) is 10.2. The van der Waals surface area contributed by atoms with E-state index < -0.39 is 0 Å². The fraction of sp³-hybridized carbons (Fsp3) is 0.353. The number of ether oxygens (including phenoxy) is 1. The standard InChI is InChI=1S/C17H18FNO2S/c1-11-10-21-12(2)9-19(11)17(20)16-8-7-15(22-16)13-3-5-14(18)6-4-13/h3-8,11-12H,9-10H2,1-2H3. The van der Waals surface area contributed by atoms with E-state index in [9.17, 15) is 9.18 Å². The van der Waals surface area contributed by atoms with Crippen LogP contribution in [-0.2, 0) is 4.74 Å². The van der Waals surface area contributed by atoms with Crippen LogP contribution in [-0.4, -0.2) is 36.1 Å². The van der Waals surface area contributed by atoms with Gasteiger partial charge in [0.05, 0.1) is 23.6 Å². The molecule has 22 heavy (non-hydrogen) atoms. The molecule has 0 aliphatic carbocycles. The number of carbonyl (C=O) groups excluding carboxylic acids is 1. The van der Waals surface area contributed by atoms with Gasteiger partial charge in [0.15, 0.2) is 0 Å². The third-order valence-electron chi connectivity index (χ3n) is 3.81. The molecule has 116 valence electrons. The lowest BCUT2D eigenvalue weighted by atomic mass is 10.2. The Morgan fingerprint density at radius 2 is 1.95 bits per heavy atom. The minimum Gasteiger partial charge on any atom is -0.375 e. The summed E-state index contributed by atoms with van der Waals surface area (Å²) < 4.78 is 18.6. The molecule has 3 nitrogen and oxygen atoms in total. The number of halogens is 1. The smallest absolute Gasteiger partial charge is 0.264 e. The topological polar surface area (TPSA) is 29.5 Å². The lowest BCUT2D eigenvalue weighted by Crippen LogP contribution is -2.50. The molecule has 2 unspecified atom stereocenters. The maximum atomic E-state index is 13.0. The number of benzene rings is 1. The lowest BCUT2D eigenvalue weighted by Gasteiger charge is -2.36. The first-order valence-electron chi connectivity index (χ1n) is 7.33. The minimum absolute atomic E-state index is 0.0426. The van der Waals surface area contributed by atoms with Crippen molar-refractivity contribution >= 4 is 17.2 Å². The number of thiophene rings is 1. The molecule has 1 aromatic carbocycles. The zero-order valence-electron chi connectivity index (χ0n) is 12.6. The molecule has 1 amide bonds. The van der Waals surface area contributed by atoms with Crippen LogP contribution in [0, 0.1) is 5.82 Å². The van der Waals surface area contributed by atoms with E-state index in [1.54, 1.807) is 12.1 Å². The van der Waals surface area contributed by atoms with Gasteiger partial charge in [-0.05, 0) is 43.7 Å². The monoisotopic (exact) mass is 319 g/mol. The van der Waals surface area contributed by atoms with Crippen LogP contribution in [0.1, 0.15) is 23.5 Å². The molecule has 0 bridgehead atoms. The molecule has 1 aliphatic rings. The highest BCUT2D eigenvalue weighted by Gasteiger charge is 2.29. The molecule has 0 saturated carbocycles. The molecule has 3 rings (SSSR count). The Hall–Kier alpha value is -1.72. The van der Waals surface area contributed by atoms with Gasteiger partial charge in [0.2, 0.25) is 0 Å². The van der Waals surface area contributed by atoms with Crippen molar-refractivity contribution < 1.29 is 13.9 Å². The summed E-state index contributed by atoms with van der Waals surface area (Å²) in [5.74, 6) is -0.214. The number of hydrogen-bond acceptors (Lipinski definition) is 3. The molecule has 0 radical (unpaired) electrons. The van der Waals surface area contributed by atoms with E-state index in [-0.39, 0.29) is 23.9 Å². The van der Waals surface area contributed by atoms with Gasteiger partial charge in [0, 0.05) is 11.4 Å². The second-order valence-corrected chi connectivity index (χ2v) is 6.71. The number of hydrogen-bond donors (Lipinski definition) is 0. The van der Waals surface area contributed by atoms with E-state index in [4.69, 9.17) is 4.74 Å². The highest BCUT2D eigenvalue weighted by atomic mass is 32.1. The molecular weight excluding hydrogens is 301 g/mol. The third kappa shape index (κ3) is 3.05. The van der Waals surface area contributed by atoms with Crippen LogP contribution < -0.4 is 0 Å². The number of carbonyl (C=O) groups is 1. The number of nitrogens with zero attached hydrogens (tertiary/aromatic N) is 1. The number of morpholine rings is 1. The Bertz CT molecular complexity index is 668. The molecule has 0 spiro atoms. The van der Waals surface area contributed by atoms with E-state index in [0.29, 0.717) is 18.0 Å². The molecule has 1 aliphatic heterocycles. The van der Waals surface area contributed by atoms with Gasteiger partial charge in [-0.2, -0.15) is 0 Å². The zero-order chi connectivity index (χ0) is 15.7. The van der Waals surface area contributed by atoms with Crippen molar-refractivity contribution in [1.29, 1.82) is 0 Å². The van der Waals surface area contributed by atoms with Gasteiger partial charge in [0.1, 0.15) is 5.82 Å². The average molecular weight is 319 g/mol. The van der Waals surface area contributed by atoms with E-state index in [1.807, 2.05) is 30.9 Å². The van der Waals surface area contributed by atoms with Crippen LogP contribution in [0.4, 0.5) is 4.39 Å². The van der Waals surface area contributed by atoms with Crippen molar-refractivity contribution in [1.82, 2.24) is 4.90 Å². The highest BCUT2D eigenvalue weighted by Crippen LogP contribution is 2.29. The predicted octanol–water partition coefficient (Wildman–Crippen LogP) is 3.80. The second kappa shape index (κ2) is 6.18. The second-order valence-electron chi connectivity index (χ2n) is 5.62. The van der Waals surface area contributed by atoms with Gasteiger partial charge in [-0.1, -0.05) is 12.1 Å². The summed E-state index contributed by atoms with van der Waals surface area (Å²) in [6.07, 6.45) is 0.0664. The van der Waals surface area contributed by atoms with Crippen LogP contribution in [0.2, 0.25) is 0 Å². The van der Waals surface area contributed by atoms with E-state index in [1.165, 1.54) is 23.5 Å². The summed E-state index contributed by atoms with van der Waals surface area (Å²) >= 11 is 1.44. The van der Waals surface area contributed by atoms with Crippen molar-refractivity contribution in [3.8, 4) is 10.4 Å². The maximum absolute atomic E-state index is 13.0. The van der Waals surface area contributed by atoms with E-state index in [2.05, 4.69) is 0 Å². The van der Waals surface area contributed by atoms with Crippen LogP contribution in [0.3, 0.4) is 0 Å². The fourth-order valence-electron chi connectivity index (χ4n) is 2.55. The summed E-state index contributed by atoms with van der Waals surface area (Å²) in [6.45, 7) is 5.16. The van der Waals surface area contributed by atoms with Crippen LogP contribution in [0.25, 0.3) is 10.4 Å². The summed E-state index contributed by atoms with van der Waals surface area (Å²) in [5, 5.41) is 0. The average Bonchev–Trinajstić information content (AvgIpc) is 2.99. The molecular formula is C17H18FNO2S. The lowest BCUT2D eigenvalue weighted by molar-refractivity contribution is -0.0385. The van der Waals surface area contributed by atoms with Gasteiger partial charge < -0.3 is 9.64 Å². The normalized spacial score (nSPS) is 21.9. The van der Waals surface area contributed by atoms with E-state index in [0.717, 1.165) is 10.4 Å². The Kier molecular flexibility index (Phi) is 4.27. The summed E-state index contributed by atoms with van der Waals surface area (Å²) in [4.78, 5) is 16.2. The highest BCUT2D eigenvalue weighted by molar-refractivity contribution is 7.17. The first-order chi connectivity index (χ1) is 10.5. The molecule has 2 atom stereocenters. The molecule has 1 fully saturated rings. The Morgan fingerprint density at radius 3 is 2.68 bits per heavy atom. The number of rotatable bonds is 2. The largest absolute Gasteiger partial charge is 0.375 e. The fourth-order valence-corrected chi connectivity index (χ4v) is 3.52. The van der Waals surface area contributed by atoms with E-state index >= 15 is 0 Å². The first-order valence-corrected chi connectivity index (χ1v) is 8.14. The molecule has 2 aromatic rings. The molecule has 0 N–H and O–H groups in total. The Morgan fingerprint density at radius 1 is 1.23 bits per heavy atom. The summed E-state index contributed by atoms with van der Waals surface area (Å²) in [7, 11) is 0. The molecule has 1 aromatic heterocycles. The van der Waals surface area contributed by atoms with Gasteiger partial charge in [-0.3, -0.25) is 4.79 Å².